The molecule has 1 heterocycles. The number of benzene rings is 1. The molecule has 1 aromatic carbocycles. The first-order valence-electron chi connectivity index (χ1n) is 5.05. The summed E-state index contributed by atoms with van der Waals surface area (Å²) >= 11 is 5.75. The van der Waals surface area contributed by atoms with Crippen LogP contribution >= 0.6 is 11.6 Å². The van der Waals surface area contributed by atoms with Gasteiger partial charge in [0.05, 0.1) is 13.7 Å². The van der Waals surface area contributed by atoms with E-state index in [1.165, 1.54) is 7.11 Å². The summed E-state index contributed by atoms with van der Waals surface area (Å²) in [6.07, 6.45) is 0. The number of esters is 1. The van der Waals surface area contributed by atoms with E-state index in [4.69, 9.17) is 11.6 Å². The van der Waals surface area contributed by atoms with Gasteiger partial charge >= 0.3 is 35.5 Å². The molecule has 0 fully saturated rings. The number of nitrogens with zero attached hydrogens (tertiary/aromatic N) is 3. The minimum Gasteiger partial charge on any atom is -0.857 e. The van der Waals surface area contributed by atoms with Crippen LogP contribution < -0.4 is 34.7 Å². The van der Waals surface area contributed by atoms with Crippen LogP contribution in [0.5, 0.6) is 5.88 Å². The van der Waals surface area contributed by atoms with Crippen LogP contribution in [-0.2, 0) is 11.3 Å². The zero-order chi connectivity index (χ0) is 13.1. The van der Waals surface area contributed by atoms with Gasteiger partial charge in [-0.25, -0.2) is 4.79 Å². The van der Waals surface area contributed by atoms with Crippen molar-refractivity contribution in [3.05, 3.63) is 40.5 Å². The fraction of sp³-hybridized carbons (Fsp3) is 0.182. The number of carbonyl (C=O) groups excluding carboxylic acids is 1. The Morgan fingerprint density at radius 1 is 1.42 bits per heavy atom. The second-order valence-corrected chi connectivity index (χ2v) is 3.96. The van der Waals surface area contributed by atoms with Crippen LogP contribution in [0.1, 0.15) is 16.1 Å². The number of ether oxygens (including phenoxy) is 1. The molecule has 0 aliphatic carbocycles. The predicted molar refractivity (Wildman–Crippen MR) is 61.4 cm³/mol. The summed E-state index contributed by atoms with van der Waals surface area (Å²) in [6, 6.07) is 6.95. The van der Waals surface area contributed by atoms with Crippen LogP contribution in [0.25, 0.3) is 0 Å². The molecule has 6 nitrogen and oxygen atoms in total. The SMILES string of the molecule is COC(=O)c1nnn(Cc2ccc(Cl)cc2)c1[O-].[Na+]. The van der Waals surface area contributed by atoms with Crippen molar-refractivity contribution in [2.24, 2.45) is 0 Å². The Kier molecular flexibility index (Phi) is 5.81. The van der Waals surface area contributed by atoms with Crippen molar-refractivity contribution in [3.8, 4) is 5.88 Å². The summed E-state index contributed by atoms with van der Waals surface area (Å²) in [5.41, 5.74) is 0.518. The number of halogens is 1. The topological polar surface area (TPSA) is 80.1 Å². The molecule has 0 bridgehead atoms. The third kappa shape index (κ3) is 3.70. The first kappa shape index (κ1) is 16.0. The van der Waals surface area contributed by atoms with Gasteiger partial charge in [-0.2, -0.15) is 0 Å². The van der Waals surface area contributed by atoms with E-state index >= 15 is 0 Å². The molecular formula is C11H9ClN3NaO3. The minimum atomic E-state index is -0.789. The fourth-order valence-corrected chi connectivity index (χ4v) is 1.52. The molecule has 0 atom stereocenters. The molecule has 1 aromatic heterocycles. The van der Waals surface area contributed by atoms with Crippen molar-refractivity contribution in [2.75, 3.05) is 7.11 Å². The Bertz CT molecular complexity index is 571. The normalized spacial score (nSPS) is 9.79. The van der Waals surface area contributed by atoms with E-state index in [0.29, 0.717) is 5.02 Å². The van der Waals surface area contributed by atoms with Gasteiger partial charge in [-0.05, 0) is 17.7 Å². The van der Waals surface area contributed by atoms with E-state index in [1.807, 2.05) is 0 Å². The largest absolute Gasteiger partial charge is 1.00 e. The Morgan fingerprint density at radius 2 is 2.05 bits per heavy atom. The maximum atomic E-state index is 11.8. The van der Waals surface area contributed by atoms with Crippen molar-refractivity contribution >= 4 is 17.6 Å². The Hall–Kier alpha value is -1.08. The number of methoxy groups -OCH3 is 1. The number of hydrogen-bond donors (Lipinski definition) is 0. The van der Waals surface area contributed by atoms with Gasteiger partial charge in [0.1, 0.15) is 0 Å². The molecule has 8 heteroatoms. The molecule has 0 aliphatic heterocycles. The monoisotopic (exact) mass is 289 g/mol. The van der Waals surface area contributed by atoms with Crippen LogP contribution in [0.3, 0.4) is 0 Å². The molecule has 2 rings (SSSR count). The second kappa shape index (κ2) is 6.91. The molecule has 0 saturated heterocycles. The van der Waals surface area contributed by atoms with Gasteiger partial charge < -0.3 is 9.84 Å². The smallest absolute Gasteiger partial charge is 0.857 e. The average Bonchev–Trinajstić information content (AvgIpc) is 2.73. The number of rotatable bonds is 3. The number of aromatic nitrogens is 3. The van der Waals surface area contributed by atoms with Crippen molar-refractivity contribution in [1.82, 2.24) is 15.0 Å². The van der Waals surface area contributed by atoms with Gasteiger partial charge in [0.25, 0.3) is 0 Å². The van der Waals surface area contributed by atoms with Gasteiger partial charge in [-0.15, -0.1) is 5.10 Å². The summed E-state index contributed by atoms with van der Waals surface area (Å²) in [5.74, 6) is -1.36. The van der Waals surface area contributed by atoms with Crippen molar-refractivity contribution in [3.63, 3.8) is 0 Å². The van der Waals surface area contributed by atoms with Crippen molar-refractivity contribution in [2.45, 2.75) is 6.54 Å². The van der Waals surface area contributed by atoms with Crippen LogP contribution in [0.4, 0.5) is 0 Å². The summed E-state index contributed by atoms with van der Waals surface area (Å²) in [7, 11) is 1.18. The molecule has 0 spiro atoms. The molecular weight excluding hydrogens is 281 g/mol. The van der Waals surface area contributed by atoms with Crippen LogP contribution in [0.15, 0.2) is 24.3 Å². The summed E-state index contributed by atoms with van der Waals surface area (Å²) in [5, 5.41) is 19.5. The molecule has 0 saturated carbocycles. The fourth-order valence-electron chi connectivity index (χ4n) is 1.40. The van der Waals surface area contributed by atoms with Crippen LogP contribution in [0, 0.1) is 0 Å². The van der Waals surface area contributed by atoms with Gasteiger partial charge in [-0.1, -0.05) is 28.9 Å². The van der Waals surface area contributed by atoms with Crippen molar-refractivity contribution < 1.29 is 44.2 Å². The molecule has 2 aromatic rings. The van der Waals surface area contributed by atoms with E-state index < -0.39 is 11.8 Å². The van der Waals surface area contributed by atoms with E-state index in [9.17, 15) is 9.90 Å². The van der Waals surface area contributed by atoms with E-state index in [0.717, 1.165) is 10.2 Å². The Balaban J connectivity index is 0.00000180. The van der Waals surface area contributed by atoms with Gasteiger partial charge in [0.15, 0.2) is 5.69 Å². The number of hydrogen-bond acceptors (Lipinski definition) is 5. The third-order valence-electron chi connectivity index (χ3n) is 2.31. The predicted octanol–water partition coefficient (Wildman–Crippen LogP) is -2.16. The van der Waals surface area contributed by atoms with Crippen molar-refractivity contribution in [1.29, 1.82) is 0 Å². The summed E-state index contributed by atoms with van der Waals surface area (Å²) < 4.78 is 5.52. The van der Waals surface area contributed by atoms with E-state index in [1.54, 1.807) is 24.3 Å². The quantitative estimate of drug-likeness (QED) is 0.475. The molecule has 0 amide bonds. The second-order valence-electron chi connectivity index (χ2n) is 3.52. The Morgan fingerprint density at radius 3 is 2.63 bits per heavy atom. The summed E-state index contributed by atoms with van der Waals surface area (Å²) in [4.78, 5) is 11.2. The van der Waals surface area contributed by atoms with Crippen LogP contribution in [0.2, 0.25) is 5.02 Å². The minimum absolute atomic E-state index is 0. The molecule has 19 heavy (non-hydrogen) atoms. The maximum Gasteiger partial charge on any atom is 1.00 e. The number of carbonyl (C=O) groups is 1. The third-order valence-corrected chi connectivity index (χ3v) is 2.57. The standard InChI is InChI=1S/C11H10ClN3O3.Na/c1-18-11(17)9-10(16)15(14-13-9)6-7-2-4-8(12)5-3-7;/h2-5,16H,6H2,1H3;/q;+1/p-1. The van der Waals surface area contributed by atoms with Gasteiger partial charge in [0.2, 0.25) is 0 Å². The Labute approximate surface area is 136 Å². The first-order valence-corrected chi connectivity index (χ1v) is 5.43. The average molecular weight is 290 g/mol. The maximum absolute atomic E-state index is 11.8. The zero-order valence-electron chi connectivity index (χ0n) is 10.5. The van der Waals surface area contributed by atoms with Crippen LogP contribution in [-0.4, -0.2) is 28.1 Å². The van der Waals surface area contributed by atoms with E-state index in [2.05, 4.69) is 15.0 Å². The zero-order valence-corrected chi connectivity index (χ0v) is 13.2. The van der Waals surface area contributed by atoms with Gasteiger partial charge in [0, 0.05) is 10.9 Å². The molecule has 0 N–H and O–H groups in total. The molecule has 0 unspecified atom stereocenters. The molecule has 94 valence electrons. The summed E-state index contributed by atoms with van der Waals surface area (Å²) in [6.45, 7) is 0.222. The molecule has 0 radical (unpaired) electrons. The van der Waals surface area contributed by atoms with E-state index in [-0.39, 0.29) is 41.8 Å². The molecule has 0 aliphatic rings. The van der Waals surface area contributed by atoms with Gasteiger partial charge in [-0.3, -0.25) is 4.68 Å². The first-order chi connectivity index (χ1) is 8.61.